The van der Waals surface area contributed by atoms with Crippen LogP contribution in [0.3, 0.4) is 0 Å². The van der Waals surface area contributed by atoms with Gasteiger partial charge in [-0.15, -0.1) is 0 Å². The molecule has 2 N–H and O–H groups in total. The first-order chi connectivity index (χ1) is 10.1. The van der Waals surface area contributed by atoms with Crippen LogP contribution in [0.2, 0.25) is 5.02 Å². The summed E-state index contributed by atoms with van der Waals surface area (Å²) in [6.07, 6.45) is 3.72. The van der Waals surface area contributed by atoms with Crippen molar-refractivity contribution in [2.45, 2.75) is 0 Å². The van der Waals surface area contributed by atoms with E-state index in [1.807, 2.05) is 0 Å². The number of halogens is 1. The number of hydrogen-bond donors (Lipinski definition) is 2. The van der Waals surface area contributed by atoms with Crippen molar-refractivity contribution in [3.63, 3.8) is 0 Å². The summed E-state index contributed by atoms with van der Waals surface area (Å²) in [6, 6.07) is 10.0. The van der Waals surface area contributed by atoms with Gasteiger partial charge >= 0.3 is 5.97 Å². The van der Waals surface area contributed by atoms with E-state index in [2.05, 4.69) is 10.3 Å². The van der Waals surface area contributed by atoms with Crippen LogP contribution in [0.15, 0.2) is 48.7 Å². The minimum atomic E-state index is -1.10. The van der Waals surface area contributed by atoms with Crippen LogP contribution >= 0.6 is 11.6 Å². The molecule has 0 bridgehead atoms. The molecule has 0 radical (unpaired) electrons. The van der Waals surface area contributed by atoms with Crippen molar-refractivity contribution >= 4 is 35.2 Å². The third-order valence-electron chi connectivity index (χ3n) is 2.58. The summed E-state index contributed by atoms with van der Waals surface area (Å²) in [7, 11) is 0. The molecule has 0 spiro atoms. The van der Waals surface area contributed by atoms with Gasteiger partial charge in [-0.25, -0.2) is 4.79 Å². The molecule has 0 aliphatic rings. The highest BCUT2D eigenvalue weighted by atomic mass is 35.5. The summed E-state index contributed by atoms with van der Waals surface area (Å²) in [5.74, 6) is -1.56. The molecular formula is C15H11ClN2O3. The van der Waals surface area contributed by atoms with Gasteiger partial charge in [-0.05, 0) is 24.3 Å². The van der Waals surface area contributed by atoms with Crippen molar-refractivity contribution in [3.05, 3.63) is 65.0 Å². The van der Waals surface area contributed by atoms with E-state index in [4.69, 9.17) is 16.7 Å². The Morgan fingerprint density at radius 3 is 2.67 bits per heavy atom. The Kier molecular flexibility index (Phi) is 4.68. The molecular weight excluding hydrogens is 292 g/mol. The number of nitrogens with zero attached hydrogens (tertiary/aromatic N) is 1. The molecule has 1 aromatic carbocycles. The standard InChI is InChI=1S/C15H11ClN2O3/c16-11-5-1-2-6-12(11)18-15(21)14-10(4-3-9-17-14)7-8-13(19)20/h1-9H,(H,18,21)(H,19,20)/b8-7+. The fourth-order valence-electron chi connectivity index (χ4n) is 1.65. The number of anilines is 1. The monoisotopic (exact) mass is 302 g/mol. The van der Waals surface area contributed by atoms with Gasteiger partial charge in [0.2, 0.25) is 0 Å². The van der Waals surface area contributed by atoms with Crippen LogP contribution < -0.4 is 5.32 Å². The van der Waals surface area contributed by atoms with E-state index in [1.165, 1.54) is 12.3 Å². The van der Waals surface area contributed by atoms with Crippen molar-refractivity contribution < 1.29 is 14.7 Å². The maximum Gasteiger partial charge on any atom is 0.328 e. The average molecular weight is 303 g/mol. The molecule has 2 aromatic rings. The summed E-state index contributed by atoms with van der Waals surface area (Å²) in [6.45, 7) is 0. The number of aromatic nitrogens is 1. The van der Waals surface area contributed by atoms with Crippen molar-refractivity contribution in [2.24, 2.45) is 0 Å². The number of carbonyl (C=O) groups excluding carboxylic acids is 1. The molecule has 0 fully saturated rings. The van der Waals surface area contributed by atoms with Crippen molar-refractivity contribution in [1.82, 2.24) is 4.98 Å². The van der Waals surface area contributed by atoms with Gasteiger partial charge in [0.05, 0.1) is 10.7 Å². The van der Waals surface area contributed by atoms with Gasteiger partial charge in [0.15, 0.2) is 0 Å². The fraction of sp³-hybridized carbons (Fsp3) is 0. The lowest BCUT2D eigenvalue weighted by molar-refractivity contribution is -0.131. The number of carboxylic acid groups (broad SMARTS) is 1. The van der Waals surface area contributed by atoms with Crippen LogP contribution in [0, 0.1) is 0 Å². The fourth-order valence-corrected chi connectivity index (χ4v) is 1.83. The average Bonchev–Trinajstić information content (AvgIpc) is 2.47. The van der Waals surface area contributed by atoms with Crippen LogP contribution in [-0.4, -0.2) is 22.0 Å². The minimum Gasteiger partial charge on any atom is -0.478 e. The molecule has 106 valence electrons. The van der Waals surface area contributed by atoms with E-state index in [1.54, 1.807) is 36.4 Å². The number of pyridine rings is 1. The lowest BCUT2D eigenvalue weighted by Crippen LogP contribution is -2.15. The lowest BCUT2D eigenvalue weighted by Gasteiger charge is -2.08. The molecule has 1 heterocycles. The van der Waals surface area contributed by atoms with Crippen LogP contribution in [0.4, 0.5) is 5.69 Å². The highest BCUT2D eigenvalue weighted by Crippen LogP contribution is 2.21. The molecule has 0 unspecified atom stereocenters. The highest BCUT2D eigenvalue weighted by Gasteiger charge is 2.12. The Hall–Kier alpha value is -2.66. The van der Waals surface area contributed by atoms with Crippen molar-refractivity contribution in [1.29, 1.82) is 0 Å². The molecule has 2 rings (SSSR count). The van der Waals surface area contributed by atoms with Gasteiger partial charge in [-0.3, -0.25) is 9.78 Å². The Morgan fingerprint density at radius 1 is 1.19 bits per heavy atom. The number of carboxylic acids is 1. The zero-order valence-corrected chi connectivity index (χ0v) is 11.5. The molecule has 0 atom stereocenters. The molecule has 1 amide bonds. The number of amides is 1. The van der Waals surface area contributed by atoms with E-state index >= 15 is 0 Å². The summed E-state index contributed by atoms with van der Waals surface area (Å²) >= 11 is 5.97. The summed E-state index contributed by atoms with van der Waals surface area (Å²) in [5, 5.41) is 11.7. The van der Waals surface area contributed by atoms with Crippen LogP contribution in [0.1, 0.15) is 16.1 Å². The number of carbonyl (C=O) groups is 2. The SMILES string of the molecule is O=C(O)/C=C/c1cccnc1C(=O)Nc1ccccc1Cl. The minimum absolute atomic E-state index is 0.120. The van der Waals surface area contributed by atoms with Crippen LogP contribution in [-0.2, 0) is 4.79 Å². The normalized spacial score (nSPS) is 10.5. The second-order valence-electron chi connectivity index (χ2n) is 4.05. The van der Waals surface area contributed by atoms with Gasteiger partial charge in [-0.2, -0.15) is 0 Å². The molecule has 1 aromatic heterocycles. The molecule has 6 heteroatoms. The Bertz CT molecular complexity index is 714. The van der Waals surface area contributed by atoms with E-state index < -0.39 is 11.9 Å². The van der Waals surface area contributed by atoms with E-state index in [0.717, 1.165) is 6.08 Å². The molecule has 0 saturated carbocycles. The summed E-state index contributed by atoms with van der Waals surface area (Å²) in [5.41, 5.74) is 0.988. The second-order valence-corrected chi connectivity index (χ2v) is 4.45. The number of aliphatic carboxylic acids is 1. The predicted octanol–water partition coefficient (Wildman–Crippen LogP) is 3.09. The Balaban J connectivity index is 2.28. The smallest absolute Gasteiger partial charge is 0.328 e. The largest absolute Gasteiger partial charge is 0.478 e. The maximum atomic E-state index is 12.2. The number of rotatable bonds is 4. The highest BCUT2D eigenvalue weighted by molar-refractivity contribution is 6.33. The summed E-state index contributed by atoms with van der Waals surface area (Å²) in [4.78, 5) is 26.8. The van der Waals surface area contributed by atoms with Gasteiger partial charge in [-0.1, -0.05) is 29.8 Å². The van der Waals surface area contributed by atoms with Crippen molar-refractivity contribution in [2.75, 3.05) is 5.32 Å². The number of nitrogens with one attached hydrogen (secondary N) is 1. The van der Waals surface area contributed by atoms with Gasteiger partial charge in [0.1, 0.15) is 5.69 Å². The first kappa shape index (κ1) is 14.7. The van der Waals surface area contributed by atoms with Gasteiger partial charge < -0.3 is 10.4 Å². The maximum absolute atomic E-state index is 12.2. The summed E-state index contributed by atoms with van der Waals surface area (Å²) < 4.78 is 0. The van der Waals surface area contributed by atoms with Crippen LogP contribution in [0.25, 0.3) is 6.08 Å². The zero-order valence-electron chi connectivity index (χ0n) is 10.8. The number of para-hydroxylation sites is 1. The van der Waals surface area contributed by atoms with E-state index in [-0.39, 0.29) is 5.69 Å². The van der Waals surface area contributed by atoms with E-state index in [0.29, 0.717) is 16.3 Å². The van der Waals surface area contributed by atoms with Gasteiger partial charge in [0, 0.05) is 17.8 Å². The Morgan fingerprint density at radius 2 is 1.95 bits per heavy atom. The molecule has 21 heavy (non-hydrogen) atoms. The third-order valence-corrected chi connectivity index (χ3v) is 2.91. The first-order valence-electron chi connectivity index (χ1n) is 6.00. The molecule has 0 aliphatic heterocycles. The topological polar surface area (TPSA) is 79.3 Å². The second kappa shape index (κ2) is 6.67. The lowest BCUT2D eigenvalue weighted by atomic mass is 10.1. The molecule has 0 aliphatic carbocycles. The molecule has 0 saturated heterocycles. The van der Waals surface area contributed by atoms with E-state index in [9.17, 15) is 9.59 Å². The number of hydrogen-bond acceptors (Lipinski definition) is 3. The molecule has 5 nitrogen and oxygen atoms in total. The third kappa shape index (κ3) is 3.90. The zero-order chi connectivity index (χ0) is 15.2. The quantitative estimate of drug-likeness (QED) is 0.851. The van der Waals surface area contributed by atoms with Gasteiger partial charge in [0.25, 0.3) is 5.91 Å². The predicted molar refractivity (Wildman–Crippen MR) is 80.3 cm³/mol. The Labute approximate surface area is 125 Å². The first-order valence-corrected chi connectivity index (χ1v) is 6.37. The number of benzene rings is 1. The van der Waals surface area contributed by atoms with Crippen molar-refractivity contribution in [3.8, 4) is 0 Å². The van der Waals surface area contributed by atoms with Crippen LogP contribution in [0.5, 0.6) is 0 Å².